The highest BCUT2D eigenvalue weighted by molar-refractivity contribution is 7.15. The van der Waals surface area contributed by atoms with Crippen molar-refractivity contribution in [3.05, 3.63) is 39.1 Å². The van der Waals surface area contributed by atoms with Gasteiger partial charge in [0.05, 0.1) is 18.4 Å². The highest BCUT2D eigenvalue weighted by atomic mass is 35.5. The monoisotopic (exact) mass is 311 g/mol. The quantitative estimate of drug-likeness (QED) is 0.913. The Morgan fingerprint density at radius 1 is 1.45 bits per heavy atom. The third-order valence-electron chi connectivity index (χ3n) is 3.04. The smallest absolute Gasteiger partial charge is 0.224 e. The molecule has 0 atom stereocenters. The zero-order valence-electron chi connectivity index (χ0n) is 10.4. The second kappa shape index (κ2) is 5.38. The molecule has 1 aromatic heterocycles. The number of nitrogens with one attached hydrogen (secondary N) is 2. The molecule has 1 aromatic carbocycles. The van der Waals surface area contributed by atoms with Crippen LogP contribution in [0.2, 0.25) is 4.34 Å². The summed E-state index contributed by atoms with van der Waals surface area (Å²) in [6, 6.07) is 3.09. The molecule has 2 heterocycles. The summed E-state index contributed by atoms with van der Waals surface area (Å²) in [6.45, 7) is 0.390. The number of amides is 1. The van der Waals surface area contributed by atoms with Gasteiger partial charge in [-0.15, -0.1) is 11.3 Å². The number of rotatable bonds is 3. The van der Waals surface area contributed by atoms with Crippen molar-refractivity contribution in [2.45, 2.75) is 19.4 Å². The van der Waals surface area contributed by atoms with Gasteiger partial charge in [-0.2, -0.15) is 0 Å². The molecule has 0 saturated heterocycles. The number of carbonyl (C=O) groups is 1. The van der Waals surface area contributed by atoms with Crippen LogP contribution >= 0.6 is 22.9 Å². The van der Waals surface area contributed by atoms with E-state index in [0.29, 0.717) is 35.1 Å². The Hall–Kier alpha value is -1.66. The number of anilines is 2. The van der Waals surface area contributed by atoms with E-state index in [1.807, 2.05) is 0 Å². The van der Waals surface area contributed by atoms with Crippen molar-refractivity contribution in [3.63, 3.8) is 0 Å². The van der Waals surface area contributed by atoms with Gasteiger partial charge in [0.2, 0.25) is 5.91 Å². The van der Waals surface area contributed by atoms with Crippen LogP contribution in [-0.4, -0.2) is 10.9 Å². The van der Waals surface area contributed by atoms with Crippen LogP contribution in [0, 0.1) is 5.82 Å². The molecule has 2 N–H and O–H groups in total. The second-order valence-corrected chi connectivity index (χ2v) is 6.20. The Morgan fingerprint density at radius 3 is 3.05 bits per heavy atom. The molecule has 104 valence electrons. The van der Waals surface area contributed by atoms with E-state index < -0.39 is 0 Å². The Bertz CT molecular complexity index is 674. The number of nitrogens with zero attached hydrogens (tertiary/aromatic N) is 1. The van der Waals surface area contributed by atoms with Crippen LogP contribution < -0.4 is 10.6 Å². The number of hydrogen-bond acceptors (Lipinski definition) is 4. The van der Waals surface area contributed by atoms with Gasteiger partial charge in [-0.3, -0.25) is 4.79 Å². The van der Waals surface area contributed by atoms with Gasteiger partial charge in [0, 0.05) is 12.1 Å². The Balaban J connectivity index is 1.79. The number of aryl methyl sites for hydroxylation is 1. The summed E-state index contributed by atoms with van der Waals surface area (Å²) in [6.07, 6.45) is 2.53. The first-order valence-corrected chi connectivity index (χ1v) is 7.27. The number of thiazole rings is 1. The topological polar surface area (TPSA) is 54.0 Å². The molecule has 4 nitrogen and oxygen atoms in total. The summed E-state index contributed by atoms with van der Waals surface area (Å²) in [4.78, 5) is 15.4. The highest BCUT2D eigenvalue weighted by Gasteiger charge is 2.17. The molecular weight excluding hydrogens is 301 g/mol. The number of carbonyl (C=O) groups excluding carboxylic acids is 1. The lowest BCUT2D eigenvalue weighted by atomic mass is 10.0. The molecule has 3 rings (SSSR count). The van der Waals surface area contributed by atoms with E-state index in [-0.39, 0.29) is 11.7 Å². The van der Waals surface area contributed by atoms with Crippen LogP contribution in [0.25, 0.3) is 0 Å². The van der Waals surface area contributed by atoms with E-state index in [2.05, 4.69) is 15.6 Å². The summed E-state index contributed by atoms with van der Waals surface area (Å²) in [5.74, 6) is -0.371. The van der Waals surface area contributed by atoms with Gasteiger partial charge in [0.1, 0.15) is 15.2 Å². The van der Waals surface area contributed by atoms with Gasteiger partial charge in [-0.1, -0.05) is 11.6 Å². The molecule has 0 saturated carbocycles. The lowest BCUT2D eigenvalue weighted by Gasteiger charge is -2.18. The van der Waals surface area contributed by atoms with Crippen molar-refractivity contribution >= 4 is 40.2 Å². The highest BCUT2D eigenvalue weighted by Crippen LogP contribution is 2.29. The first-order chi connectivity index (χ1) is 9.61. The molecule has 20 heavy (non-hydrogen) atoms. The molecule has 1 amide bonds. The first kappa shape index (κ1) is 13.3. The van der Waals surface area contributed by atoms with Crippen LogP contribution in [0.1, 0.15) is 17.0 Å². The fourth-order valence-corrected chi connectivity index (χ4v) is 2.97. The minimum Gasteiger partial charge on any atom is -0.376 e. The van der Waals surface area contributed by atoms with Gasteiger partial charge in [-0.25, -0.2) is 9.37 Å². The molecule has 1 aliphatic heterocycles. The number of hydrogen-bond donors (Lipinski definition) is 2. The van der Waals surface area contributed by atoms with E-state index >= 15 is 0 Å². The van der Waals surface area contributed by atoms with Crippen LogP contribution in [0.5, 0.6) is 0 Å². The van der Waals surface area contributed by atoms with E-state index in [9.17, 15) is 9.18 Å². The molecule has 7 heteroatoms. The number of halogens is 2. The third kappa shape index (κ3) is 2.76. The predicted octanol–water partition coefficient (Wildman–Crippen LogP) is 3.43. The zero-order valence-corrected chi connectivity index (χ0v) is 11.9. The summed E-state index contributed by atoms with van der Waals surface area (Å²) in [5, 5.41) is 6.49. The summed E-state index contributed by atoms with van der Waals surface area (Å²) >= 11 is 7.13. The van der Waals surface area contributed by atoms with E-state index in [0.717, 1.165) is 10.6 Å². The first-order valence-electron chi connectivity index (χ1n) is 6.08. The Kier molecular flexibility index (Phi) is 3.58. The average molecular weight is 312 g/mol. The summed E-state index contributed by atoms with van der Waals surface area (Å²) in [7, 11) is 0. The van der Waals surface area contributed by atoms with Crippen LogP contribution in [0.3, 0.4) is 0 Å². The predicted molar refractivity (Wildman–Crippen MR) is 77.8 cm³/mol. The van der Waals surface area contributed by atoms with Crippen LogP contribution in [-0.2, 0) is 17.8 Å². The van der Waals surface area contributed by atoms with Crippen molar-refractivity contribution in [1.82, 2.24) is 4.98 Å². The average Bonchev–Trinajstić information content (AvgIpc) is 2.83. The van der Waals surface area contributed by atoms with Crippen molar-refractivity contribution in [1.29, 1.82) is 0 Å². The fourth-order valence-electron chi connectivity index (χ4n) is 2.07. The maximum atomic E-state index is 14.0. The van der Waals surface area contributed by atoms with Gasteiger partial charge < -0.3 is 10.6 Å². The molecule has 0 radical (unpaired) electrons. The number of fused-ring (bicyclic) bond motifs is 1. The SMILES string of the molecule is O=C1CCc2cc(F)c(NCc3ncc(Cl)s3)cc2N1. The summed E-state index contributed by atoms with van der Waals surface area (Å²) in [5.41, 5.74) is 1.84. The van der Waals surface area contributed by atoms with E-state index in [1.165, 1.54) is 17.4 Å². The zero-order chi connectivity index (χ0) is 14.1. The lowest BCUT2D eigenvalue weighted by molar-refractivity contribution is -0.116. The Morgan fingerprint density at radius 2 is 2.30 bits per heavy atom. The van der Waals surface area contributed by atoms with E-state index in [1.54, 1.807) is 12.3 Å². The fraction of sp³-hybridized carbons (Fsp3) is 0.231. The molecule has 0 aliphatic carbocycles. The lowest BCUT2D eigenvalue weighted by Crippen LogP contribution is -2.19. The number of benzene rings is 1. The van der Waals surface area contributed by atoms with Crippen molar-refractivity contribution < 1.29 is 9.18 Å². The van der Waals surface area contributed by atoms with Gasteiger partial charge in [0.15, 0.2) is 0 Å². The standard InChI is InChI=1S/C13H11ClFN3OS/c14-11-5-17-13(20-11)6-16-10-4-9-7(3-8(10)15)1-2-12(19)18-9/h3-5,16H,1-2,6H2,(H,18,19). The van der Waals surface area contributed by atoms with Crippen LogP contribution in [0.15, 0.2) is 18.3 Å². The molecule has 0 bridgehead atoms. The van der Waals surface area contributed by atoms with Gasteiger partial charge >= 0.3 is 0 Å². The van der Waals surface area contributed by atoms with Gasteiger partial charge in [0.25, 0.3) is 0 Å². The molecule has 2 aromatic rings. The largest absolute Gasteiger partial charge is 0.376 e. The van der Waals surface area contributed by atoms with Gasteiger partial charge in [-0.05, 0) is 24.1 Å². The third-order valence-corrected chi connectivity index (χ3v) is 4.16. The minimum atomic E-state index is -0.331. The second-order valence-electron chi connectivity index (χ2n) is 4.45. The maximum absolute atomic E-state index is 14.0. The molecule has 0 spiro atoms. The normalized spacial score (nSPS) is 13.8. The van der Waals surface area contributed by atoms with Crippen molar-refractivity contribution in [2.75, 3.05) is 10.6 Å². The molecular formula is C13H11ClFN3OS. The van der Waals surface area contributed by atoms with E-state index in [4.69, 9.17) is 11.6 Å². The molecule has 1 aliphatic rings. The van der Waals surface area contributed by atoms with Crippen molar-refractivity contribution in [3.8, 4) is 0 Å². The summed E-state index contributed by atoms with van der Waals surface area (Å²) < 4.78 is 14.6. The Labute approximate surface area is 124 Å². The molecule has 0 fully saturated rings. The molecule has 0 unspecified atom stereocenters. The minimum absolute atomic E-state index is 0.0400. The maximum Gasteiger partial charge on any atom is 0.224 e. The van der Waals surface area contributed by atoms with Crippen LogP contribution in [0.4, 0.5) is 15.8 Å². The van der Waals surface area contributed by atoms with Crippen molar-refractivity contribution in [2.24, 2.45) is 0 Å². The number of aromatic nitrogens is 1.